The number of nitrogens with zero attached hydrogens (tertiary/aromatic N) is 1. The predicted octanol–water partition coefficient (Wildman–Crippen LogP) is 2.90. The van der Waals surface area contributed by atoms with Gasteiger partial charge in [0.2, 0.25) is 0 Å². The molecule has 0 radical (unpaired) electrons. The predicted molar refractivity (Wildman–Crippen MR) is 69.3 cm³/mol. The second kappa shape index (κ2) is 5.04. The zero-order valence-corrected chi connectivity index (χ0v) is 11.6. The molecular formula is C13H21NO2S. The zero-order chi connectivity index (χ0) is 12.5. The monoisotopic (exact) mass is 255 g/mol. The van der Waals surface area contributed by atoms with Crippen LogP contribution < -0.4 is 0 Å². The molecule has 1 aliphatic rings. The van der Waals surface area contributed by atoms with Crippen molar-refractivity contribution in [3.05, 3.63) is 16.1 Å². The van der Waals surface area contributed by atoms with Crippen LogP contribution in [-0.2, 0) is 10.2 Å². The summed E-state index contributed by atoms with van der Waals surface area (Å²) in [4.78, 5) is 4.57. The van der Waals surface area contributed by atoms with Crippen molar-refractivity contribution in [2.24, 2.45) is 5.92 Å². The lowest BCUT2D eigenvalue weighted by molar-refractivity contribution is -0.0114. The quantitative estimate of drug-likeness (QED) is 0.883. The highest BCUT2D eigenvalue weighted by atomic mass is 32.1. The van der Waals surface area contributed by atoms with E-state index in [-0.39, 0.29) is 11.3 Å². The first-order chi connectivity index (χ1) is 7.98. The summed E-state index contributed by atoms with van der Waals surface area (Å²) in [6, 6.07) is 0. The van der Waals surface area contributed by atoms with Crippen LogP contribution in [0.3, 0.4) is 0 Å². The minimum absolute atomic E-state index is 0.0612. The third-order valence-electron chi connectivity index (χ3n) is 3.11. The topological polar surface area (TPSA) is 42.4 Å². The summed E-state index contributed by atoms with van der Waals surface area (Å²) in [5, 5.41) is 13.4. The molecule has 0 amide bonds. The summed E-state index contributed by atoms with van der Waals surface area (Å²) in [6.45, 7) is 7.92. The Balaban J connectivity index is 2.08. The molecule has 1 aromatic rings. The number of hydrogen-bond acceptors (Lipinski definition) is 4. The number of aromatic nitrogens is 1. The first-order valence-electron chi connectivity index (χ1n) is 6.20. The highest BCUT2D eigenvalue weighted by Crippen LogP contribution is 2.32. The molecule has 2 unspecified atom stereocenters. The molecule has 3 nitrogen and oxygen atoms in total. The average Bonchev–Trinajstić information content (AvgIpc) is 2.78. The summed E-state index contributed by atoms with van der Waals surface area (Å²) in [5.74, 6) is 0.207. The summed E-state index contributed by atoms with van der Waals surface area (Å²) in [6.07, 6.45) is 1.60. The lowest BCUT2D eigenvalue weighted by Gasteiger charge is -2.25. The van der Waals surface area contributed by atoms with Crippen molar-refractivity contribution in [2.45, 2.75) is 45.1 Å². The Labute approximate surface area is 107 Å². The Kier molecular flexibility index (Phi) is 3.85. The van der Waals surface area contributed by atoms with E-state index in [1.807, 2.05) is 5.38 Å². The van der Waals surface area contributed by atoms with Crippen molar-refractivity contribution in [1.82, 2.24) is 4.98 Å². The fraction of sp³-hybridized carbons (Fsp3) is 0.769. The minimum Gasteiger partial charge on any atom is -0.386 e. The first kappa shape index (κ1) is 13.0. The highest BCUT2D eigenvalue weighted by Gasteiger charge is 2.27. The molecule has 0 saturated carbocycles. The Morgan fingerprint density at radius 1 is 1.53 bits per heavy atom. The number of rotatable bonds is 2. The number of aliphatic hydroxyl groups excluding tert-OH is 1. The molecule has 2 atom stereocenters. The smallest absolute Gasteiger partial charge is 0.102 e. The van der Waals surface area contributed by atoms with E-state index < -0.39 is 6.10 Å². The molecule has 1 aromatic heterocycles. The summed E-state index contributed by atoms with van der Waals surface area (Å²) in [5.41, 5.74) is 0.876. The fourth-order valence-electron chi connectivity index (χ4n) is 2.02. The van der Waals surface area contributed by atoms with Crippen molar-refractivity contribution in [1.29, 1.82) is 0 Å². The molecule has 96 valence electrons. The maximum atomic E-state index is 10.3. The molecule has 0 bridgehead atoms. The molecule has 2 rings (SSSR count). The molecule has 1 N–H and O–H groups in total. The molecule has 1 aliphatic heterocycles. The molecule has 1 saturated heterocycles. The van der Waals surface area contributed by atoms with Gasteiger partial charge in [0.05, 0.1) is 17.3 Å². The van der Waals surface area contributed by atoms with Crippen LogP contribution in [0, 0.1) is 5.92 Å². The summed E-state index contributed by atoms with van der Waals surface area (Å²) < 4.78 is 5.41. The third kappa shape index (κ3) is 3.06. The Hall–Kier alpha value is -0.450. The van der Waals surface area contributed by atoms with Gasteiger partial charge in [-0.1, -0.05) is 20.8 Å². The minimum atomic E-state index is -0.470. The Morgan fingerprint density at radius 2 is 2.29 bits per heavy atom. The van der Waals surface area contributed by atoms with E-state index in [9.17, 15) is 5.11 Å². The van der Waals surface area contributed by atoms with Crippen molar-refractivity contribution < 1.29 is 9.84 Å². The van der Waals surface area contributed by atoms with E-state index in [4.69, 9.17) is 4.74 Å². The Morgan fingerprint density at radius 3 is 2.82 bits per heavy atom. The molecule has 0 aromatic carbocycles. The number of thiazole rings is 1. The van der Waals surface area contributed by atoms with E-state index in [0.717, 1.165) is 30.2 Å². The van der Waals surface area contributed by atoms with Crippen molar-refractivity contribution >= 4 is 11.3 Å². The van der Waals surface area contributed by atoms with Crippen LogP contribution in [0.25, 0.3) is 0 Å². The van der Waals surface area contributed by atoms with Gasteiger partial charge in [-0.2, -0.15) is 0 Å². The largest absolute Gasteiger partial charge is 0.386 e. The van der Waals surface area contributed by atoms with Gasteiger partial charge in [0.1, 0.15) is 6.10 Å². The van der Waals surface area contributed by atoms with E-state index in [2.05, 4.69) is 25.8 Å². The number of ether oxygens (including phenoxy) is 1. The van der Waals surface area contributed by atoms with Gasteiger partial charge in [0, 0.05) is 23.3 Å². The maximum absolute atomic E-state index is 10.3. The fourth-order valence-corrected chi connectivity index (χ4v) is 2.96. The lowest BCUT2D eigenvalue weighted by Crippen LogP contribution is -2.24. The summed E-state index contributed by atoms with van der Waals surface area (Å²) in [7, 11) is 0. The summed E-state index contributed by atoms with van der Waals surface area (Å²) >= 11 is 1.64. The zero-order valence-electron chi connectivity index (χ0n) is 10.8. The van der Waals surface area contributed by atoms with Crippen LogP contribution in [0.2, 0.25) is 0 Å². The average molecular weight is 255 g/mol. The van der Waals surface area contributed by atoms with Gasteiger partial charge < -0.3 is 9.84 Å². The lowest BCUT2D eigenvalue weighted by atomic mass is 9.94. The second-order valence-corrected chi connectivity index (χ2v) is 6.61. The van der Waals surface area contributed by atoms with Gasteiger partial charge in [-0.05, 0) is 12.8 Å². The van der Waals surface area contributed by atoms with Gasteiger partial charge in [-0.25, -0.2) is 4.98 Å². The van der Waals surface area contributed by atoms with Gasteiger partial charge in [-0.3, -0.25) is 0 Å². The molecule has 17 heavy (non-hydrogen) atoms. The van der Waals surface area contributed by atoms with Crippen LogP contribution in [0.4, 0.5) is 0 Å². The number of hydrogen-bond donors (Lipinski definition) is 1. The molecule has 0 aliphatic carbocycles. The van der Waals surface area contributed by atoms with E-state index in [1.165, 1.54) is 0 Å². The van der Waals surface area contributed by atoms with E-state index in [1.54, 1.807) is 11.3 Å². The maximum Gasteiger partial charge on any atom is 0.102 e. The SMILES string of the molecule is CC(C)(C)c1nc(C(O)C2CCCOC2)cs1. The van der Waals surface area contributed by atoms with Crippen molar-refractivity contribution in [2.75, 3.05) is 13.2 Å². The molecule has 4 heteroatoms. The highest BCUT2D eigenvalue weighted by molar-refractivity contribution is 7.09. The molecular weight excluding hydrogens is 234 g/mol. The van der Waals surface area contributed by atoms with Crippen molar-refractivity contribution in [3.63, 3.8) is 0 Å². The normalized spacial score (nSPS) is 23.6. The van der Waals surface area contributed by atoms with Gasteiger partial charge in [-0.15, -0.1) is 11.3 Å². The van der Waals surface area contributed by atoms with Crippen LogP contribution in [-0.4, -0.2) is 23.3 Å². The van der Waals surface area contributed by atoms with Gasteiger partial charge in [0.15, 0.2) is 0 Å². The van der Waals surface area contributed by atoms with E-state index >= 15 is 0 Å². The first-order valence-corrected chi connectivity index (χ1v) is 7.08. The molecule has 2 heterocycles. The number of aliphatic hydroxyl groups is 1. The Bertz CT molecular complexity index is 364. The van der Waals surface area contributed by atoms with Crippen LogP contribution in [0.1, 0.15) is 50.4 Å². The standard InChI is InChI=1S/C13H21NO2S/c1-13(2,3)12-14-10(8-17-12)11(15)9-5-4-6-16-7-9/h8-9,11,15H,4-7H2,1-3H3. The van der Waals surface area contributed by atoms with Gasteiger partial charge >= 0.3 is 0 Å². The van der Waals surface area contributed by atoms with Crippen LogP contribution >= 0.6 is 11.3 Å². The van der Waals surface area contributed by atoms with Crippen LogP contribution in [0.15, 0.2) is 5.38 Å². The molecule has 1 fully saturated rings. The van der Waals surface area contributed by atoms with Gasteiger partial charge in [0.25, 0.3) is 0 Å². The third-order valence-corrected chi connectivity index (χ3v) is 4.39. The second-order valence-electron chi connectivity index (χ2n) is 5.75. The van der Waals surface area contributed by atoms with Crippen molar-refractivity contribution in [3.8, 4) is 0 Å². The van der Waals surface area contributed by atoms with Crippen LogP contribution in [0.5, 0.6) is 0 Å². The van der Waals surface area contributed by atoms with E-state index in [0.29, 0.717) is 6.61 Å². The molecule has 0 spiro atoms.